The highest BCUT2D eigenvalue weighted by atomic mass is 19.4. The second-order valence-corrected chi connectivity index (χ2v) is 8.13. The van der Waals surface area contributed by atoms with Crippen molar-refractivity contribution in [1.29, 1.82) is 0 Å². The molecule has 3 aromatic rings. The Labute approximate surface area is 191 Å². The van der Waals surface area contributed by atoms with E-state index >= 15 is 0 Å². The molecule has 3 atom stereocenters. The predicted molar refractivity (Wildman–Crippen MR) is 121 cm³/mol. The van der Waals surface area contributed by atoms with E-state index in [1.165, 1.54) is 12.1 Å². The second-order valence-electron chi connectivity index (χ2n) is 8.13. The Bertz CT molecular complexity index is 1100. The van der Waals surface area contributed by atoms with Crippen LogP contribution in [-0.2, 0) is 11.0 Å². The maximum atomic E-state index is 13.5. The minimum absolute atomic E-state index is 0.0707. The molecule has 33 heavy (non-hydrogen) atoms. The Morgan fingerprint density at radius 3 is 2.33 bits per heavy atom. The van der Waals surface area contributed by atoms with Gasteiger partial charge < -0.3 is 9.64 Å². The van der Waals surface area contributed by atoms with Gasteiger partial charge in [-0.2, -0.15) is 13.2 Å². The van der Waals surface area contributed by atoms with Gasteiger partial charge in [0.05, 0.1) is 24.8 Å². The van der Waals surface area contributed by atoms with Crippen LogP contribution in [0.25, 0.3) is 0 Å². The average molecular weight is 454 g/mol. The number of methoxy groups -OCH3 is 1. The molecule has 1 heterocycles. The van der Waals surface area contributed by atoms with Crippen molar-refractivity contribution in [2.45, 2.75) is 37.6 Å². The summed E-state index contributed by atoms with van der Waals surface area (Å²) in [4.78, 5) is 15.1. The van der Waals surface area contributed by atoms with Gasteiger partial charge in [-0.3, -0.25) is 10.1 Å². The molecule has 0 aromatic heterocycles. The summed E-state index contributed by atoms with van der Waals surface area (Å²) in [6.07, 6.45) is -3.96. The first-order chi connectivity index (χ1) is 15.8. The lowest BCUT2D eigenvalue weighted by atomic mass is 10.0. The summed E-state index contributed by atoms with van der Waals surface area (Å²) in [5.74, 6) is 0.478. The van der Waals surface area contributed by atoms with Gasteiger partial charge >= 0.3 is 6.18 Å². The SMILES string of the molecule is COc1cccc(C2CC(NC(C)c3ccccc3)C(=O)N2c2ccc(C(F)(F)F)cc2)c1. The zero-order chi connectivity index (χ0) is 23.6. The van der Waals surface area contributed by atoms with Crippen molar-refractivity contribution >= 4 is 11.6 Å². The normalized spacial score (nSPS) is 19.5. The van der Waals surface area contributed by atoms with Crippen LogP contribution in [0.1, 0.15) is 42.1 Å². The number of nitrogens with zero attached hydrogens (tertiary/aromatic N) is 1. The molecule has 0 radical (unpaired) electrons. The minimum atomic E-state index is -4.44. The zero-order valence-corrected chi connectivity index (χ0v) is 18.3. The van der Waals surface area contributed by atoms with E-state index in [0.717, 1.165) is 23.3 Å². The average Bonchev–Trinajstić information content (AvgIpc) is 3.15. The van der Waals surface area contributed by atoms with Gasteiger partial charge in [-0.1, -0.05) is 42.5 Å². The Morgan fingerprint density at radius 2 is 1.70 bits per heavy atom. The zero-order valence-electron chi connectivity index (χ0n) is 18.3. The second kappa shape index (κ2) is 9.27. The summed E-state index contributed by atoms with van der Waals surface area (Å²) in [5.41, 5.74) is 1.59. The van der Waals surface area contributed by atoms with Crippen molar-refractivity contribution in [3.05, 3.63) is 95.6 Å². The Hall–Kier alpha value is -3.32. The van der Waals surface area contributed by atoms with Crippen LogP contribution in [0.2, 0.25) is 0 Å². The molecule has 1 amide bonds. The molecule has 0 bridgehead atoms. The number of halogens is 3. The topological polar surface area (TPSA) is 41.6 Å². The largest absolute Gasteiger partial charge is 0.497 e. The number of ether oxygens (including phenoxy) is 1. The van der Waals surface area contributed by atoms with E-state index in [-0.39, 0.29) is 18.0 Å². The first-order valence-electron chi connectivity index (χ1n) is 10.7. The summed E-state index contributed by atoms with van der Waals surface area (Å²) >= 11 is 0. The van der Waals surface area contributed by atoms with Crippen molar-refractivity contribution in [3.63, 3.8) is 0 Å². The highest BCUT2D eigenvalue weighted by molar-refractivity contribution is 6.00. The fraction of sp³-hybridized carbons (Fsp3) is 0.269. The summed E-state index contributed by atoms with van der Waals surface area (Å²) in [7, 11) is 1.57. The van der Waals surface area contributed by atoms with E-state index < -0.39 is 17.8 Å². The van der Waals surface area contributed by atoms with Gasteiger partial charge in [0.15, 0.2) is 0 Å². The van der Waals surface area contributed by atoms with Gasteiger partial charge in [0.1, 0.15) is 5.75 Å². The molecule has 0 aliphatic carbocycles. The van der Waals surface area contributed by atoms with Crippen LogP contribution >= 0.6 is 0 Å². The van der Waals surface area contributed by atoms with E-state index in [0.29, 0.717) is 17.9 Å². The molecule has 1 aliphatic rings. The molecule has 3 aromatic carbocycles. The van der Waals surface area contributed by atoms with Crippen molar-refractivity contribution < 1.29 is 22.7 Å². The van der Waals surface area contributed by atoms with Crippen LogP contribution in [0.5, 0.6) is 5.75 Å². The van der Waals surface area contributed by atoms with E-state index in [4.69, 9.17) is 4.74 Å². The standard InChI is InChI=1S/C26H25F3N2O2/c1-17(18-7-4-3-5-8-18)30-23-16-24(19-9-6-10-22(15-19)33-2)31(25(23)32)21-13-11-20(12-14-21)26(27,28)29/h3-15,17,23-24,30H,16H2,1-2H3. The first kappa shape index (κ1) is 22.9. The van der Waals surface area contributed by atoms with Gasteiger partial charge in [-0.25, -0.2) is 0 Å². The van der Waals surface area contributed by atoms with Gasteiger partial charge in [0.2, 0.25) is 5.91 Å². The van der Waals surface area contributed by atoms with Crippen LogP contribution in [0.15, 0.2) is 78.9 Å². The molecule has 172 valence electrons. The van der Waals surface area contributed by atoms with E-state index in [1.807, 2.05) is 61.5 Å². The van der Waals surface area contributed by atoms with Crippen LogP contribution in [0, 0.1) is 0 Å². The van der Waals surface area contributed by atoms with Gasteiger partial charge in [-0.15, -0.1) is 0 Å². The Kier molecular flexibility index (Phi) is 6.42. The van der Waals surface area contributed by atoms with E-state index in [9.17, 15) is 18.0 Å². The number of benzene rings is 3. The predicted octanol–water partition coefficient (Wildman–Crippen LogP) is 5.91. The number of hydrogen-bond donors (Lipinski definition) is 1. The number of carbonyl (C=O) groups excluding carboxylic acids is 1. The number of nitrogens with one attached hydrogen (secondary N) is 1. The maximum absolute atomic E-state index is 13.5. The quantitative estimate of drug-likeness (QED) is 0.503. The van der Waals surface area contributed by atoms with Gasteiger partial charge in [0.25, 0.3) is 0 Å². The van der Waals surface area contributed by atoms with Gasteiger partial charge in [0, 0.05) is 11.7 Å². The third-order valence-corrected chi connectivity index (χ3v) is 6.01. The molecule has 4 nitrogen and oxygen atoms in total. The molecule has 3 unspecified atom stereocenters. The molecule has 1 aliphatic heterocycles. The maximum Gasteiger partial charge on any atom is 0.416 e. The third-order valence-electron chi connectivity index (χ3n) is 6.01. The summed E-state index contributed by atoms with van der Waals surface area (Å²) in [5, 5.41) is 3.41. The number of rotatable bonds is 6. The number of amides is 1. The summed E-state index contributed by atoms with van der Waals surface area (Å²) in [6, 6.07) is 21.1. The molecular formula is C26H25F3N2O2. The van der Waals surface area contributed by atoms with Crippen LogP contribution < -0.4 is 15.0 Å². The fourth-order valence-corrected chi connectivity index (χ4v) is 4.28. The smallest absolute Gasteiger partial charge is 0.416 e. The van der Waals surface area contributed by atoms with Crippen molar-refractivity contribution in [2.75, 3.05) is 12.0 Å². The van der Waals surface area contributed by atoms with Crippen molar-refractivity contribution in [3.8, 4) is 5.75 Å². The lowest BCUT2D eigenvalue weighted by molar-refractivity contribution is -0.137. The molecule has 1 fully saturated rings. The number of hydrogen-bond acceptors (Lipinski definition) is 3. The highest BCUT2D eigenvalue weighted by Gasteiger charge is 2.42. The summed E-state index contributed by atoms with van der Waals surface area (Å²) < 4.78 is 44.5. The molecule has 0 spiro atoms. The number of anilines is 1. The Morgan fingerprint density at radius 1 is 1.00 bits per heavy atom. The van der Waals surface area contributed by atoms with Crippen LogP contribution in [-0.4, -0.2) is 19.1 Å². The molecule has 1 N–H and O–H groups in total. The van der Waals surface area contributed by atoms with Gasteiger partial charge in [-0.05, 0) is 60.9 Å². The van der Waals surface area contributed by atoms with Crippen LogP contribution in [0.4, 0.5) is 18.9 Å². The lowest BCUT2D eigenvalue weighted by Gasteiger charge is -2.26. The van der Waals surface area contributed by atoms with Crippen molar-refractivity contribution in [1.82, 2.24) is 5.32 Å². The lowest BCUT2D eigenvalue weighted by Crippen LogP contribution is -2.39. The molecule has 0 saturated carbocycles. The third kappa shape index (κ3) is 4.88. The first-order valence-corrected chi connectivity index (χ1v) is 10.7. The number of alkyl halides is 3. The monoisotopic (exact) mass is 454 g/mol. The molecule has 7 heteroatoms. The molecule has 1 saturated heterocycles. The fourth-order valence-electron chi connectivity index (χ4n) is 4.28. The Balaban J connectivity index is 1.67. The van der Waals surface area contributed by atoms with Crippen LogP contribution in [0.3, 0.4) is 0 Å². The van der Waals surface area contributed by atoms with E-state index in [1.54, 1.807) is 12.0 Å². The molecule has 4 rings (SSSR count). The molecular weight excluding hydrogens is 429 g/mol. The summed E-state index contributed by atoms with van der Waals surface area (Å²) in [6.45, 7) is 1.99. The minimum Gasteiger partial charge on any atom is -0.497 e. The van der Waals surface area contributed by atoms with E-state index in [2.05, 4.69) is 5.32 Å². The van der Waals surface area contributed by atoms with Crippen molar-refractivity contribution in [2.24, 2.45) is 0 Å². The highest BCUT2D eigenvalue weighted by Crippen LogP contribution is 2.40. The number of carbonyl (C=O) groups is 1.